The first-order valence-electron chi connectivity index (χ1n) is 9.08. The van der Waals surface area contributed by atoms with Gasteiger partial charge in [-0.3, -0.25) is 10.2 Å². The van der Waals surface area contributed by atoms with Gasteiger partial charge in [0.1, 0.15) is 16.4 Å². The normalized spacial score (nSPS) is 13.9. The lowest BCUT2D eigenvalue weighted by Crippen LogP contribution is -2.31. The summed E-state index contributed by atoms with van der Waals surface area (Å²) in [5, 5.41) is 4.88. The molecule has 3 aromatic rings. The molecule has 0 aliphatic carbocycles. The van der Waals surface area contributed by atoms with Crippen LogP contribution >= 0.6 is 22.9 Å². The first kappa shape index (κ1) is 19.8. The van der Waals surface area contributed by atoms with Crippen LogP contribution in [0.25, 0.3) is 10.2 Å². The zero-order chi connectivity index (χ0) is 20.5. The molecule has 0 unspecified atom stereocenters. The number of fused-ring (bicyclic) bond motifs is 3. The Labute approximate surface area is 177 Å². The zero-order valence-corrected chi connectivity index (χ0v) is 17.7. The number of carbonyl (C=O) groups is 1. The molecular weight excluding hydrogens is 412 g/mol. The van der Waals surface area contributed by atoms with Crippen LogP contribution in [0.1, 0.15) is 26.6 Å². The van der Waals surface area contributed by atoms with E-state index in [9.17, 15) is 4.79 Å². The number of thiophene rings is 1. The summed E-state index contributed by atoms with van der Waals surface area (Å²) >= 11 is 7.83. The van der Waals surface area contributed by atoms with Gasteiger partial charge in [0.15, 0.2) is 0 Å². The van der Waals surface area contributed by atoms with Crippen molar-refractivity contribution in [2.24, 2.45) is 5.84 Å². The minimum Gasteiger partial charge on any atom is -0.495 e. The van der Waals surface area contributed by atoms with Gasteiger partial charge in [-0.15, -0.1) is 11.3 Å². The fourth-order valence-corrected chi connectivity index (χ4v) is 5.00. The molecule has 0 fully saturated rings. The molecule has 152 valence electrons. The van der Waals surface area contributed by atoms with Gasteiger partial charge in [0.05, 0.1) is 17.5 Å². The van der Waals surface area contributed by atoms with Crippen LogP contribution in [0.15, 0.2) is 18.2 Å². The second-order valence-corrected chi connectivity index (χ2v) is 8.35. The number of likely N-dealkylation sites (N-methyl/N-ethyl adjacent to an activating group) is 1. The molecule has 0 bridgehead atoms. The van der Waals surface area contributed by atoms with E-state index in [1.807, 2.05) is 18.2 Å². The lowest BCUT2D eigenvalue weighted by molar-refractivity contribution is 0.0944. The SMILES string of the molecule is COc1ccc(CNc2nc(C(=O)NN)nc3sc4c(c23)CCN(C)C4)cc1Cl. The van der Waals surface area contributed by atoms with Crippen LogP contribution in [-0.2, 0) is 19.5 Å². The average Bonchev–Trinajstić information content (AvgIpc) is 3.08. The quantitative estimate of drug-likeness (QED) is 0.323. The van der Waals surface area contributed by atoms with E-state index in [4.69, 9.17) is 22.2 Å². The van der Waals surface area contributed by atoms with Crippen LogP contribution in [0.3, 0.4) is 0 Å². The molecule has 29 heavy (non-hydrogen) atoms. The molecule has 0 radical (unpaired) electrons. The highest BCUT2D eigenvalue weighted by molar-refractivity contribution is 7.19. The number of nitrogen functional groups attached to an aromatic ring is 1. The molecule has 8 nitrogen and oxygen atoms in total. The van der Waals surface area contributed by atoms with Crippen LogP contribution in [0.2, 0.25) is 5.02 Å². The molecule has 0 spiro atoms. The van der Waals surface area contributed by atoms with E-state index in [0.717, 1.165) is 35.3 Å². The molecule has 1 aliphatic rings. The number of anilines is 1. The summed E-state index contributed by atoms with van der Waals surface area (Å²) < 4.78 is 5.20. The number of aromatic nitrogens is 2. The number of hydrazine groups is 1. The maximum atomic E-state index is 12.1. The lowest BCUT2D eigenvalue weighted by atomic mass is 10.1. The second kappa shape index (κ2) is 8.11. The summed E-state index contributed by atoms with van der Waals surface area (Å²) in [5.74, 6) is 6.06. The Morgan fingerprint density at radius 1 is 1.41 bits per heavy atom. The molecule has 1 amide bonds. The molecule has 10 heteroatoms. The van der Waals surface area contributed by atoms with E-state index in [1.54, 1.807) is 18.4 Å². The van der Waals surface area contributed by atoms with Crippen molar-refractivity contribution in [2.75, 3.05) is 26.0 Å². The van der Waals surface area contributed by atoms with Crippen molar-refractivity contribution in [3.63, 3.8) is 0 Å². The van der Waals surface area contributed by atoms with E-state index >= 15 is 0 Å². The highest BCUT2D eigenvalue weighted by Crippen LogP contribution is 2.37. The van der Waals surface area contributed by atoms with E-state index < -0.39 is 5.91 Å². The number of halogens is 1. The Hall–Kier alpha value is -2.46. The summed E-state index contributed by atoms with van der Waals surface area (Å²) in [7, 11) is 3.68. The summed E-state index contributed by atoms with van der Waals surface area (Å²) in [5.41, 5.74) is 4.33. The lowest BCUT2D eigenvalue weighted by Gasteiger charge is -2.22. The maximum absolute atomic E-state index is 12.1. The second-order valence-electron chi connectivity index (χ2n) is 6.86. The monoisotopic (exact) mass is 432 g/mol. The van der Waals surface area contributed by atoms with Gasteiger partial charge in [-0.2, -0.15) is 0 Å². The van der Waals surface area contributed by atoms with Gasteiger partial charge in [-0.1, -0.05) is 17.7 Å². The van der Waals surface area contributed by atoms with E-state index in [1.165, 1.54) is 10.4 Å². The number of nitrogens with zero attached hydrogens (tertiary/aromatic N) is 3. The van der Waals surface area contributed by atoms with Crippen LogP contribution in [-0.4, -0.2) is 41.5 Å². The molecule has 0 saturated heterocycles. The van der Waals surface area contributed by atoms with Crippen LogP contribution in [0.4, 0.5) is 5.82 Å². The van der Waals surface area contributed by atoms with Crippen molar-refractivity contribution in [1.29, 1.82) is 0 Å². The fourth-order valence-electron chi connectivity index (χ4n) is 3.42. The molecule has 0 saturated carbocycles. The number of hydrogen-bond donors (Lipinski definition) is 3. The van der Waals surface area contributed by atoms with Crippen LogP contribution in [0.5, 0.6) is 5.75 Å². The molecule has 0 atom stereocenters. The number of ether oxygens (including phenoxy) is 1. The highest BCUT2D eigenvalue weighted by Gasteiger charge is 2.24. The first-order valence-corrected chi connectivity index (χ1v) is 10.3. The fraction of sp³-hybridized carbons (Fsp3) is 0.316. The van der Waals surface area contributed by atoms with Crippen molar-refractivity contribution in [3.05, 3.63) is 45.1 Å². The smallest absolute Gasteiger partial charge is 0.303 e. The minimum absolute atomic E-state index is 0.0437. The largest absolute Gasteiger partial charge is 0.495 e. The molecule has 4 N–H and O–H groups in total. The summed E-state index contributed by atoms with van der Waals surface area (Å²) in [6, 6.07) is 5.60. The predicted molar refractivity (Wildman–Crippen MR) is 114 cm³/mol. The highest BCUT2D eigenvalue weighted by atomic mass is 35.5. The number of rotatable bonds is 5. The van der Waals surface area contributed by atoms with Gasteiger partial charge in [-0.25, -0.2) is 15.8 Å². The van der Waals surface area contributed by atoms with Crippen LogP contribution in [0, 0.1) is 0 Å². The maximum Gasteiger partial charge on any atom is 0.303 e. The van der Waals surface area contributed by atoms with E-state index in [-0.39, 0.29) is 5.82 Å². The topological polar surface area (TPSA) is 105 Å². The van der Waals surface area contributed by atoms with E-state index in [2.05, 4.69) is 32.7 Å². The Balaban J connectivity index is 1.73. The number of nitrogens with one attached hydrogen (secondary N) is 2. The number of amides is 1. The molecule has 4 rings (SSSR count). The van der Waals surface area contributed by atoms with Gasteiger partial charge in [0.2, 0.25) is 5.82 Å². The van der Waals surface area contributed by atoms with Crippen molar-refractivity contribution in [2.45, 2.75) is 19.5 Å². The molecule has 1 aromatic carbocycles. The number of methoxy groups -OCH3 is 1. The number of carbonyl (C=O) groups excluding carboxylic acids is 1. The Morgan fingerprint density at radius 3 is 2.97 bits per heavy atom. The van der Waals surface area contributed by atoms with Crippen molar-refractivity contribution in [3.8, 4) is 5.75 Å². The summed E-state index contributed by atoms with van der Waals surface area (Å²) in [6.07, 6.45) is 0.917. The van der Waals surface area contributed by atoms with Crippen molar-refractivity contribution < 1.29 is 9.53 Å². The predicted octanol–water partition coefficient (Wildman–Crippen LogP) is 2.56. The standard InChI is InChI=1S/C19H21ClN6O2S/c1-26-6-5-11-14(9-26)29-19-15(11)16(23-17(24-19)18(27)25-21)22-8-10-3-4-13(28-2)12(20)7-10/h3-4,7H,5-6,8-9,21H2,1-2H3,(H,25,27)(H,22,23,24). The third kappa shape index (κ3) is 3.86. The third-order valence-corrected chi connectivity index (χ3v) is 6.31. The third-order valence-electron chi connectivity index (χ3n) is 4.90. The number of nitrogens with two attached hydrogens (primary N) is 1. The molecular formula is C19H21ClN6O2S. The molecule has 3 heterocycles. The summed E-state index contributed by atoms with van der Waals surface area (Å²) in [4.78, 5) is 25.3. The Morgan fingerprint density at radius 2 is 2.24 bits per heavy atom. The van der Waals surface area contributed by atoms with Crippen LogP contribution < -0.4 is 21.3 Å². The van der Waals surface area contributed by atoms with Crippen molar-refractivity contribution in [1.82, 2.24) is 20.3 Å². The van der Waals surface area contributed by atoms with Gasteiger partial charge in [0, 0.05) is 24.5 Å². The van der Waals surface area contributed by atoms with Crippen molar-refractivity contribution >= 4 is 44.9 Å². The number of hydrogen-bond acceptors (Lipinski definition) is 8. The zero-order valence-electron chi connectivity index (χ0n) is 16.1. The summed E-state index contributed by atoms with van der Waals surface area (Å²) in [6.45, 7) is 2.32. The average molecular weight is 433 g/mol. The first-order chi connectivity index (χ1) is 14.0. The Bertz CT molecular complexity index is 1090. The van der Waals surface area contributed by atoms with Gasteiger partial charge in [0.25, 0.3) is 0 Å². The van der Waals surface area contributed by atoms with Gasteiger partial charge < -0.3 is 15.0 Å². The Kier molecular flexibility index (Phi) is 5.55. The van der Waals surface area contributed by atoms with Gasteiger partial charge in [-0.05, 0) is 36.7 Å². The molecule has 1 aliphatic heterocycles. The van der Waals surface area contributed by atoms with E-state index in [0.29, 0.717) is 23.1 Å². The number of benzene rings is 1. The van der Waals surface area contributed by atoms with Gasteiger partial charge >= 0.3 is 5.91 Å². The minimum atomic E-state index is -0.522. The molecule has 2 aromatic heterocycles.